The molecule has 7 heteroatoms. The normalized spacial score (nSPS) is 20.3. The average molecular weight is 264 g/mol. The van der Waals surface area contributed by atoms with Gasteiger partial charge in [0.1, 0.15) is 0 Å². The summed E-state index contributed by atoms with van der Waals surface area (Å²) in [5.74, 6) is -0.319. The fraction of sp³-hybridized carbons (Fsp3) is 0.900. The number of rotatable bonds is 4. The zero-order valence-electron chi connectivity index (χ0n) is 10.3. The predicted octanol–water partition coefficient (Wildman–Crippen LogP) is -0.891. The lowest BCUT2D eigenvalue weighted by Gasteiger charge is -2.33. The van der Waals surface area contributed by atoms with E-state index in [1.54, 1.807) is 11.8 Å². The number of nitrogens with zero attached hydrogens (tertiary/aromatic N) is 2. The SMILES string of the molecule is CC(=O)N1CCN(S(=O)(=O)CC(C)CO)CC1. The van der Waals surface area contributed by atoms with Gasteiger partial charge < -0.3 is 10.0 Å². The third-order valence-corrected chi connectivity index (χ3v) is 5.03. The summed E-state index contributed by atoms with van der Waals surface area (Å²) in [6, 6.07) is 0. The Morgan fingerprint density at radius 1 is 1.29 bits per heavy atom. The summed E-state index contributed by atoms with van der Waals surface area (Å²) in [7, 11) is -3.31. The summed E-state index contributed by atoms with van der Waals surface area (Å²) in [5, 5.41) is 8.88. The highest BCUT2D eigenvalue weighted by Gasteiger charge is 2.28. The third kappa shape index (κ3) is 3.93. The van der Waals surface area contributed by atoms with E-state index in [2.05, 4.69) is 0 Å². The second-order valence-corrected chi connectivity index (χ2v) is 6.48. The molecule has 1 unspecified atom stereocenters. The van der Waals surface area contributed by atoms with E-state index in [4.69, 9.17) is 5.11 Å². The second kappa shape index (κ2) is 5.79. The lowest BCUT2D eigenvalue weighted by molar-refractivity contribution is -0.129. The van der Waals surface area contributed by atoms with Crippen LogP contribution < -0.4 is 0 Å². The van der Waals surface area contributed by atoms with Gasteiger partial charge in [-0.25, -0.2) is 8.42 Å². The lowest BCUT2D eigenvalue weighted by atomic mass is 10.2. The maximum atomic E-state index is 11.9. The number of aliphatic hydroxyl groups excluding tert-OH is 1. The van der Waals surface area contributed by atoms with Crippen LogP contribution in [0.5, 0.6) is 0 Å². The van der Waals surface area contributed by atoms with Crippen LogP contribution in [0.2, 0.25) is 0 Å². The zero-order valence-corrected chi connectivity index (χ0v) is 11.1. The van der Waals surface area contributed by atoms with Crippen LogP contribution in [0.1, 0.15) is 13.8 Å². The van der Waals surface area contributed by atoms with Crippen LogP contribution in [0.4, 0.5) is 0 Å². The van der Waals surface area contributed by atoms with Gasteiger partial charge in [-0.3, -0.25) is 4.79 Å². The van der Waals surface area contributed by atoms with Gasteiger partial charge in [0.05, 0.1) is 5.75 Å². The van der Waals surface area contributed by atoms with E-state index in [1.165, 1.54) is 11.2 Å². The van der Waals surface area contributed by atoms with Crippen molar-refractivity contribution in [2.24, 2.45) is 5.92 Å². The minimum atomic E-state index is -3.31. The van der Waals surface area contributed by atoms with Gasteiger partial charge in [-0.15, -0.1) is 0 Å². The highest BCUT2D eigenvalue weighted by atomic mass is 32.2. The molecule has 1 saturated heterocycles. The van der Waals surface area contributed by atoms with Gasteiger partial charge in [0.25, 0.3) is 0 Å². The summed E-state index contributed by atoms with van der Waals surface area (Å²) >= 11 is 0. The number of amides is 1. The molecule has 0 bridgehead atoms. The molecule has 17 heavy (non-hydrogen) atoms. The van der Waals surface area contributed by atoms with Gasteiger partial charge in [-0.1, -0.05) is 6.92 Å². The molecule has 1 rings (SSSR count). The predicted molar refractivity (Wildman–Crippen MR) is 63.9 cm³/mol. The van der Waals surface area contributed by atoms with Crippen LogP contribution in [0.15, 0.2) is 0 Å². The maximum Gasteiger partial charge on any atom is 0.219 e. The molecule has 0 aromatic carbocycles. The van der Waals surface area contributed by atoms with E-state index in [0.717, 1.165) is 0 Å². The highest BCUT2D eigenvalue weighted by Crippen LogP contribution is 2.11. The van der Waals surface area contributed by atoms with Crippen molar-refractivity contribution >= 4 is 15.9 Å². The monoisotopic (exact) mass is 264 g/mol. The van der Waals surface area contributed by atoms with Crippen LogP contribution in [-0.2, 0) is 14.8 Å². The molecule has 0 radical (unpaired) electrons. The van der Waals surface area contributed by atoms with E-state index < -0.39 is 10.0 Å². The van der Waals surface area contributed by atoms with Crippen LogP contribution in [-0.4, -0.2) is 67.2 Å². The third-order valence-electron chi connectivity index (χ3n) is 2.88. The molecule has 1 heterocycles. The fourth-order valence-electron chi connectivity index (χ4n) is 1.80. The molecule has 0 aromatic rings. The van der Waals surface area contributed by atoms with E-state index in [0.29, 0.717) is 26.2 Å². The first kappa shape index (κ1) is 14.4. The fourth-order valence-corrected chi connectivity index (χ4v) is 3.55. The van der Waals surface area contributed by atoms with Gasteiger partial charge in [0.2, 0.25) is 15.9 Å². The average Bonchev–Trinajstić information content (AvgIpc) is 2.28. The lowest BCUT2D eigenvalue weighted by Crippen LogP contribution is -2.51. The summed E-state index contributed by atoms with van der Waals surface area (Å²) in [5.41, 5.74) is 0. The summed E-state index contributed by atoms with van der Waals surface area (Å²) < 4.78 is 25.3. The van der Waals surface area contributed by atoms with Crippen molar-refractivity contribution in [3.8, 4) is 0 Å². The molecule has 0 aliphatic carbocycles. The van der Waals surface area contributed by atoms with Crippen LogP contribution in [0.25, 0.3) is 0 Å². The van der Waals surface area contributed by atoms with Gasteiger partial charge >= 0.3 is 0 Å². The Morgan fingerprint density at radius 3 is 2.24 bits per heavy atom. The van der Waals surface area contributed by atoms with Crippen molar-refractivity contribution in [2.75, 3.05) is 38.5 Å². The molecule has 1 aliphatic heterocycles. The number of carbonyl (C=O) groups excluding carboxylic acids is 1. The molecule has 1 aliphatic rings. The second-order valence-electron chi connectivity index (χ2n) is 4.47. The molecule has 100 valence electrons. The van der Waals surface area contributed by atoms with Crippen molar-refractivity contribution in [1.82, 2.24) is 9.21 Å². The Labute approximate surface area is 102 Å². The molecular weight excluding hydrogens is 244 g/mol. The number of piperazine rings is 1. The Bertz CT molecular complexity index is 361. The van der Waals surface area contributed by atoms with E-state index in [-0.39, 0.29) is 24.2 Å². The molecular formula is C10H20N2O4S. The number of carbonyl (C=O) groups is 1. The number of sulfonamides is 1. The van der Waals surface area contributed by atoms with Gasteiger partial charge in [-0.05, 0) is 5.92 Å². The molecule has 6 nitrogen and oxygen atoms in total. The smallest absolute Gasteiger partial charge is 0.219 e. The van der Waals surface area contributed by atoms with E-state index in [1.807, 2.05) is 0 Å². The van der Waals surface area contributed by atoms with E-state index >= 15 is 0 Å². The molecule has 0 spiro atoms. The Morgan fingerprint density at radius 2 is 1.82 bits per heavy atom. The van der Waals surface area contributed by atoms with Crippen LogP contribution >= 0.6 is 0 Å². The highest BCUT2D eigenvalue weighted by molar-refractivity contribution is 7.89. The summed E-state index contributed by atoms with van der Waals surface area (Å²) in [6.45, 7) is 4.64. The topological polar surface area (TPSA) is 77.9 Å². The number of hydrogen-bond acceptors (Lipinski definition) is 4. The molecule has 1 fully saturated rings. The van der Waals surface area contributed by atoms with Gasteiger partial charge in [-0.2, -0.15) is 4.31 Å². The van der Waals surface area contributed by atoms with Crippen molar-refractivity contribution in [1.29, 1.82) is 0 Å². The molecule has 1 atom stereocenters. The van der Waals surface area contributed by atoms with Crippen molar-refractivity contribution in [3.05, 3.63) is 0 Å². The number of hydrogen-bond donors (Lipinski definition) is 1. The maximum absolute atomic E-state index is 11.9. The minimum Gasteiger partial charge on any atom is -0.396 e. The van der Waals surface area contributed by atoms with Crippen molar-refractivity contribution in [3.63, 3.8) is 0 Å². The molecule has 0 saturated carbocycles. The van der Waals surface area contributed by atoms with E-state index in [9.17, 15) is 13.2 Å². The van der Waals surface area contributed by atoms with Crippen LogP contribution in [0, 0.1) is 5.92 Å². The summed E-state index contributed by atoms with van der Waals surface area (Å²) in [4.78, 5) is 12.7. The van der Waals surface area contributed by atoms with Gasteiger partial charge in [0, 0.05) is 39.7 Å². The quantitative estimate of drug-likeness (QED) is 0.714. The first-order chi connectivity index (χ1) is 7.86. The summed E-state index contributed by atoms with van der Waals surface area (Å²) in [6.07, 6.45) is 0. The minimum absolute atomic E-state index is 0.0224. The Kier molecular flexibility index (Phi) is 4.91. The first-order valence-corrected chi connectivity index (χ1v) is 7.32. The number of aliphatic hydroxyl groups is 1. The molecule has 0 aromatic heterocycles. The Hall–Kier alpha value is -0.660. The molecule has 1 amide bonds. The standard InChI is InChI=1S/C10H20N2O4S/c1-9(7-13)8-17(15,16)12-5-3-11(4-6-12)10(2)14/h9,13H,3-8H2,1-2H3. The Balaban J connectivity index is 2.56. The molecule has 1 N–H and O–H groups in total. The van der Waals surface area contributed by atoms with Crippen molar-refractivity contribution in [2.45, 2.75) is 13.8 Å². The van der Waals surface area contributed by atoms with Gasteiger partial charge in [0.15, 0.2) is 0 Å². The zero-order chi connectivity index (χ0) is 13.1. The first-order valence-electron chi connectivity index (χ1n) is 5.71. The van der Waals surface area contributed by atoms with Crippen molar-refractivity contribution < 1.29 is 18.3 Å². The largest absolute Gasteiger partial charge is 0.396 e. The van der Waals surface area contributed by atoms with Crippen LogP contribution in [0.3, 0.4) is 0 Å².